The fourth-order valence-corrected chi connectivity index (χ4v) is 5.92. The molecule has 0 spiro atoms. The Morgan fingerprint density at radius 1 is 1.00 bits per heavy atom. The van der Waals surface area contributed by atoms with Crippen molar-refractivity contribution in [2.45, 2.75) is 11.4 Å². The largest absolute Gasteiger partial charge is 0.496 e. The molecule has 11 heteroatoms. The van der Waals surface area contributed by atoms with Crippen LogP contribution in [-0.2, 0) is 21.3 Å². The van der Waals surface area contributed by atoms with E-state index >= 15 is 0 Å². The number of hydrogen-bond donors (Lipinski definition) is 1. The number of sulfonamides is 1. The summed E-state index contributed by atoms with van der Waals surface area (Å²) in [6.07, 6.45) is 0. The highest BCUT2D eigenvalue weighted by molar-refractivity contribution is 7.89. The summed E-state index contributed by atoms with van der Waals surface area (Å²) in [4.78, 5) is 25.4. The number of hydrogen-bond acceptors (Lipinski definition) is 7. The van der Waals surface area contributed by atoms with E-state index in [0.29, 0.717) is 32.5 Å². The van der Waals surface area contributed by atoms with Gasteiger partial charge < -0.3 is 14.8 Å². The molecule has 4 rings (SSSR count). The normalized spacial score (nSPS) is 11.5. The van der Waals surface area contributed by atoms with Gasteiger partial charge in [0.1, 0.15) is 10.6 Å². The van der Waals surface area contributed by atoms with Crippen LogP contribution < -0.4 is 10.1 Å². The minimum Gasteiger partial charge on any atom is -0.496 e. The SMILES string of the molecule is COC(=O)c1cc2cc(NC(=O)c3ccc(OC)c(CN(C)S(=O)(=O)c4ccc(Cl)cc4)c3)ccc2s1. The monoisotopic (exact) mass is 558 g/mol. The van der Waals surface area contributed by atoms with Gasteiger partial charge in [-0.2, -0.15) is 4.31 Å². The number of fused-ring (bicyclic) bond motifs is 1. The van der Waals surface area contributed by atoms with Gasteiger partial charge >= 0.3 is 5.97 Å². The Bertz CT molecular complexity index is 1580. The zero-order chi connectivity index (χ0) is 26.7. The van der Waals surface area contributed by atoms with Gasteiger partial charge in [0.05, 0.1) is 19.1 Å². The summed E-state index contributed by atoms with van der Waals surface area (Å²) in [5.41, 5.74) is 1.39. The van der Waals surface area contributed by atoms with E-state index in [1.165, 1.54) is 61.2 Å². The lowest BCUT2D eigenvalue weighted by molar-refractivity contribution is 0.0606. The first-order chi connectivity index (χ1) is 17.6. The Balaban J connectivity index is 1.55. The highest BCUT2D eigenvalue weighted by Crippen LogP contribution is 2.29. The maximum atomic E-state index is 13.0. The summed E-state index contributed by atoms with van der Waals surface area (Å²) in [5.74, 6) is -0.347. The number of nitrogens with zero attached hydrogens (tertiary/aromatic N) is 1. The Kier molecular flexibility index (Phi) is 7.84. The van der Waals surface area contributed by atoms with Crippen molar-refractivity contribution in [2.75, 3.05) is 26.6 Å². The first kappa shape index (κ1) is 26.6. The molecule has 3 aromatic carbocycles. The number of ether oxygens (including phenoxy) is 2. The van der Waals surface area contributed by atoms with E-state index in [-0.39, 0.29) is 17.3 Å². The van der Waals surface area contributed by atoms with Gasteiger partial charge in [0.15, 0.2) is 0 Å². The lowest BCUT2D eigenvalue weighted by Crippen LogP contribution is -2.27. The number of methoxy groups -OCH3 is 2. The number of benzene rings is 3. The van der Waals surface area contributed by atoms with Gasteiger partial charge in [-0.1, -0.05) is 11.6 Å². The average molecular weight is 559 g/mol. The number of carbonyl (C=O) groups excluding carboxylic acids is 2. The highest BCUT2D eigenvalue weighted by Gasteiger charge is 2.23. The molecule has 1 N–H and O–H groups in total. The molecule has 1 amide bonds. The van der Waals surface area contributed by atoms with Crippen LogP contribution in [0.5, 0.6) is 5.75 Å². The number of nitrogens with one attached hydrogen (secondary N) is 1. The van der Waals surface area contributed by atoms with Gasteiger partial charge in [-0.15, -0.1) is 11.3 Å². The molecule has 8 nitrogen and oxygen atoms in total. The molecule has 1 aromatic heterocycles. The molecule has 0 aliphatic carbocycles. The molecule has 0 aliphatic heterocycles. The first-order valence-electron chi connectivity index (χ1n) is 10.9. The summed E-state index contributed by atoms with van der Waals surface area (Å²) < 4.78 is 38.3. The molecule has 0 fully saturated rings. The van der Waals surface area contributed by atoms with E-state index in [9.17, 15) is 18.0 Å². The Morgan fingerprint density at radius 3 is 2.41 bits per heavy atom. The quantitative estimate of drug-likeness (QED) is 0.290. The van der Waals surface area contributed by atoms with Crippen molar-refractivity contribution >= 4 is 60.6 Å². The van der Waals surface area contributed by atoms with Crippen molar-refractivity contribution in [3.05, 3.63) is 87.8 Å². The molecular weight excluding hydrogens is 536 g/mol. The zero-order valence-electron chi connectivity index (χ0n) is 20.1. The molecular formula is C26H23ClN2O6S2. The predicted octanol–water partition coefficient (Wildman–Crippen LogP) is 5.42. The summed E-state index contributed by atoms with van der Waals surface area (Å²) in [6, 6.07) is 17.8. The van der Waals surface area contributed by atoms with E-state index in [2.05, 4.69) is 5.32 Å². The first-order valence-corrected chi connectivity index (χ1v) is 13.6. The van der Waals surface area contributed by atoms with Crippen LogP contribution in [0.25, 0.3) is 10.1 Å². The van der Waals surface area contributed by atoms with Crippen LogP contribution >= 0.6 is 22.9 Å². The van der Waals surface area contributed by atoms with Crippen LogP contribution in [0.2, 0.25) is 5.02 Å². The number of thiophene rings is 1. The van der Waals surface area contributed by atoms with Crippen molar-refractivity contribution in [1.29, 1.82) is 0 Å². The van der Waals surface area contributed by atoms with Gasteiger partial charge in [-0.05, 0) is 72.1 Å². The third-order valence-corrected chi connectivity index (χ3v) is 8.78. The van der Waals surface area contributed by atoms with Crippen molar-refractivity contribution < 1.29 is 27.5 Å². The van der Waals surface area contributed by atoms with E-state index in [1.54, 1.807) is 36.4 Å². The van der Waals surface area contributed by atoms with Crippen LogP contribution in [0.15, 0.2) is 71.6 Å². The van der Waals surface area contributed by atoms with E-state index in [1.807, 2.05) is 6.07 Å². The minimum absolute atomic E-state index is 0.0214. The van der Waals surface area contributed by atoms with E-state index < -0.39 is 16.0 Å². The van der Waals surface area contributed by atoms with Gasteiger partial charge in [0.2, 0.25) is 10.0 Å². The fourth-order valence-electron chi connectivity index (χ4n) is 3.68. The molecule has 0 saturated carbocycles. The van der Waals surface area contributed by atoms with Crippen LogP contribution in [0.4, 0.5) is 5.69 Å². The lowest BCUT2D eigenvalue weighted by atomic mass is 10.1. The van der Waals surface area contributed by atoms with Crippen molar-refractivity contribution in [3.8, 4) is 5.75 Å². The number of halogens is 1. The Morgan fingerprint density at radius 2 is 1.73 bits per heavy atom. The van der Waals surface area contributed by atoms with E-state index in [0.717, 1.165) is 10.1 Å². The Labute approximate surface area is 223 Å². The summed E-state index contributed by atoms with van der Waals surface area (Å²) in [6.45, 7) is -0.0214. The molecule has 192 valence electrons. The molecule has 0 aliphatic rings. The third-order valence-electron chi connectivity index (χ3n) is 5.62. The van der Waals surface area contributed by atoms with Crippen molar-refractivity contribution in [1.82, 2.24) is 4.31 Å². The molecule has 0 unspecified atom stereocenters. The van der Waals surface area contributed by atoms with Gasteiger partial charge in [0, 0.05) is 40.1 Å². The number of esters is 1. The molecule has 4 aromatic rings. The maximum absolute atomic E-state index is 13.0. The highest BCUT2D eigenvalue weighted by atomic mass is 35.5. The smallest absolute Gasteiger partial charge is 0.348 e. The standard InChI is InChI=1S/C26H23ClN2O6S2/c1-29(37(32,33)21-8-5-19(27)6-9-21)15-18-12-16(4-10-22(18)34-2)25(30)28-20-7-11-23-17(13-20)14-24(36-23)26(31)35-3/h4-14H,15H2,1-3H3,(H,28,30). The third kappa shape index (κ3) is 5.78. The fraction of sp³-hybridized carbons (Fsp3) is 0.154. The van der Waals surface area contributed by atoms with Gasteiger partial charge in [-0.25, -0.2) is 13.2 Å². The molecule has 0 saturated heterocycles. The van der Waals surface area contributed by atoms with Crippen LogP contribution in [-0.4, -0.2) is 45.9 Å². The number of anilines is 1. The molecule has 0 radical (unpaired) electrons. The Hall–Kier alpha value is -3.44. The number of amides is 1. The van der Waals surface area contributed by atoms with E-state index in [4.69, 9.17) is 21.1 Å². The zero-order valence-corrected chi connectivity index (χ0v) is 22.5. The van der Waals surface area contributed by atoms with Gasteiger partial charge in [0.25, 0.3) is 5.91 Å². The number of carbonyl (C=O) groups is 2. The molecule has 37 heavy (non-hydrogen) atoms. The molecule has 0 atom stereocenters. The van der Waals surface area contributed by atoms with Crippen molar-refractivity contribution in [3.63, 3.8) is 0 Å². The number of rotatable bonds is 8. The average Bonchev–Trinajstić information content (AvgIpc) is 3.32. The summed E-state index contributed by atoms with van der Waals surface area (Å²) >= 11 is 7.19. The van der Waals surface area contributed by atoms with Crippen molar-refractivity contribution in [2.24, 2.45) is 0 Å². The molecule has 0 bridgehead atoms. The van der Waals surface area contributed by atoms with Crippen LogP contribution in [0, 0.1) is 0 Å². The summed E-state index contributed by atoms with van der Waals surface area (Å²) in [5, 5.41) is 4.08. The van der Waals surface area contributed by atoms with Crippen LogP contribution in [0.3, 0.4) is 0 Å². The summed E-state index contributed by atoms with van der Waals surface area (Å²) in [7, 11) is 0.455. The molecule has 1 heterocycles. The van der Waals surface area contributed by atoms with Gasteiger partial charge in [-0.3, -0.25) is 4.79 Å². The second-order valence-corrected chi connectivity index (χ2v) is 11.6. The second-order valence-electron chi connectivity index (χ2n) is 8.05. The predicted molar refractivity (Wildman–Crippen MR) is 144 cm³/mol. The maximum Gasteiger partial charge on any atom is 0.348 e. The van der Waals surface area contributed by atoms with Crippen LogP contribution in [0.1, 0.15) is 25.6 Å². The minimum atomic E-state index is -3.80. The second kappa shape index (κ2) is 10.9. The topological polar surface area (TPSA) is 102 Å². The lowest BCUT2D eigenvalue weighted by Gasteiger charge is -2.19.